The van der Waals surface area contributed by atoms with Gasteiger partial charge < -0.3 is 20.2 Å². The number of alkyl halides is 3. The minimum Gasteiger partial charge on any atom is -0.508 e. The summed E-state index contributed by atoms with van der Waals surface area (Å²) >= 11 is 0. The number of aliphatic hydroxyl groups is 1. The zero-order valence-corrected chi connectivity index (χ0v) is 31.8. The molecule has 4 N–H and O–H groups in total. The van der Waals surface area contributed by atoms with Crippen LogP contribution in [0.1, 0.15) is 28.8 Å². The van der Waals surface area contributed by atoms with Crippen LogP contribution < -0.4 is 0 Å². The molecule has 0 fully saturated rings. The summed E-state index contributed by atoms with van der Waals surface area (Å²) < 4.78 is 62.6. The zero-order valence-electron chi connectivity index (χ0n) is 31.8. The van der Waals surface area contributed by atoms with Gasteiger partial charge in [-0.05, 0) is 72.9 Å². The largest absolute Gasteiger partial charge is 0.508 e. The van der Waals surface area contributed by atoms with Crippen LogP contribution in [0, 0.1) is 5.82 Å². The van der Waals surface area contributed by atoms with Gasteiger partial charge in [0, 0.05) is 78.9 Å². The Morgan fingerprint density at radius 1 is 0.542 bits per heavy atom. The Hall–Kier alpha value is -6.71. The number of phenols is 1. The number of hydrogen-bond acceptors (Lipinski definition) is 3. The molecule has 0 bridgehead atoms. The van der Waals surface area contributed by atoms with Crippen LogP contribution in [0.3, 0.4) is 0 Å². The number of aromatic amines is 2. The van der Waals surface area contributed by atoms with E-state index in [4.69, 9.17) is 0 Å². The number of hydrogen-bond donors (Lipinski definition) is 4. The number of fused-ring (bicyclic) bond motifs is 3. The maximum atomic E-state index is 15.9. The van der Waals surface area contributed by atoms with Crippen LogP contribution in [-0.4, -0.2) is 36.9 Å². The molecule has 0 aliphatic carbocycles. The van der Waals surface area contributed by atoms with Gasteiger partial charge in [-0.25, -0.2) is 4.39 Å². The van der Waals surface area contributed by atoms with Gasteiger partial charge in [0.05, 0.1) is 5.52 Å². The molecule has 0 saturated carbocycles. The number of nitrogens with one attached hydrogen (secondary N) is 2. The first-order valence-corrected chi connectivity index (χ1v) is 19.4. The van der Waals surface area contributed by atoms with Gasteiger partial charge in [0.25, 0.3) is 0 Å². The highest BCUT2D eigenvalue weighted by Gasteiger charge is 2.58. The maximum Gasteiger partial charge on any atom is 0.417 e. The fourth-order valence-electron chi connectivity index (χ4n) is 8.80. The Balaban J connectivity index is 1.27. The van der Waals surface area contributed by atoms with Crippen molar-refractivity contribution in [1.29, 1.82) is 0 Å². The average Bonchev–Trinajstić information content (AvgIpc) is 3.86. The van der Waals surface area contributed by atoms with Gasteiger partial charge in [-0.1, -0.05) is 115 Å². The van der Waals surface area contributed by atoms with Crippen molar-refractivity contribution < 1.29 is 27.8 Å². The van der Waals surface area contributed by atoms with E-state index in [9.17, 15) is 14.6 Å². The van der Waals surface area contributed by atoms with E-state index in [0.29, 0.717) is 16.6 Å². The van der Waals surface area contributed by atoms with Crippen LogP contribution in [0.4, 0.5) is 17.6 Å². The number of halogens is 4. The number of rotatable bonds is 11. The number of aromatic hydroxyl groups is 1. The summed E-state index contributed by atoms with van der Waals surface area (Å²) in [6.07, 6.45) is -7.09. The SMILES string of the molecule is Oc1cc(F)ccc1C(Cc1ccccc1-c1cc2ccccc2[nH]1)(Cc1ccccc1-c1cc2ccccc2[nH]1)CC(O)(Cc1ccc2ccccc2n1)C(F)(F)F. The zero-order chi connectivity index (χ0) is 40.8. The van der Waals surface area contributed by atoms with Gasteiger partial charge >= 0.3 is 6.18 Å². The first-order valence-electron chi connectivity index (χ1n) is 19.4. The predicted octanol–water partition coefficient (Wildman–Crippen LogP) is 12.0. The third-order valence-corrected chi connectivity index (χ3v) is 11.6. The predicted molar refractivity (Wildman–Crippen MR) is 226 cm³/mol. The van der Waals surface area contributed by atoms with Gasteiger partial charge in [0.1, 0.15) is 11.6 Å². The van der Waals surface area contributed by atoms with Crippen molar-refractivity contribution in [2.75, 3.05) is 0 Å². The lowest BCUT2D eigenvalue weighted by molar-refractivity contribution is -0.267. The second-order valence-electron chi connectivity index (χ2n) is 15.5. The van der Waals surface area contributed by atoms with Crippen LogP contribution in [0.5, 0.6) is 5.75 Å². The molecule has 0 saturated heterocycles. The summed E-state index contributed by atoms with van der Waals surface area (Å²) in [6.45, 7) is 0. The summed E-state index contributed by atoms with van der Waals surface area (Å²) in [6, 6.07) is 48.2. The highest BCUT2D eigenvalue weighted by Crippen LogP contribution is 2.50. The van der Waals surface area contributed by atoms with Crippen molar-refractivity contribution in [3.63, 3.8) is 0 Å². The van der Waals surface area contributed by atoms with Crippen LogP contribution in [0.25, 0.3) is 55.2 Å². The van der Waals surface area contributed by atoms with Gasteiger partial charge in [-0.2, -0.15) is 13.2 Å². The number of pyridine rings is 1. The van der Waals surface area contributed by atoms with E-state index in [1.807, 2.05) is 121 Å². The van der Waals surface area contributed by atoms with Gasteiger partial charge in [-0.3, -0.25) is 4.98 Å². The summed E-state index contributed by atoms with van der Waals surface area (Å²) in [4.78, 5) is 11.5. The Labute approximate surface area is 337 Å². The quantitative estimate of drug-likeness (QED) is 0.0985. The Bertz CT molecular complexity index is 2780. The minimum absolute atomic E-state index is 0.0534. The number of para-hydroxylation sites is 3. The first-order chi connectivity index (χ1) is 28.5. The fraction of sp³-hybridized carbons (Fsp3) is 0.140. The highest BCUT2D eigenvalue weighted by molar-refractivity contribution is 5.87. The van der Waals surface area contributed by atoms with E-state index in [-0.39, 0.29) is 24.1 Å². The number of H-pyrrole nitrogens is 2. The molecule has 5 nitrogen and oxygen atoms in total. The monoisotopic (exact) mass is 789 g/mol. The minimum atomic E-state index is -5.16. The molecule has 6 aromatic carbocycles. The summed E-state index contributed by atoms with van der Waals surface area (Å²) in [5, 5.41) is 26.8. The van der Waals surface area contributed by atoms with Crippen molar-refractivity contribution in [1.82, 2.24) is 15.0 Å². The van der Waals surface area contributed by atoms with E-state index in [1.165, 1.54) is 12.1 Å². The third-order valence-electron chi connectivity index (χ3n) is 11.6. The van der Waals surface area contributed by atoms with Crippen molar-refractivity contribution in [3.8, 4) is 28.3 Å². The molecule has 3 heterocycles. The molecule has 294 valence electrons. The Kier molecular flexibility index (Phi) is 9.56. The molecule has 0 aliphatic heterocycles. The first kappa shape index (κ1) is 37.8. The van der Waals surface area contributed by atoms with Gasteiger partial charge in [0.15, 0.2) is 5.60 Å². The molecule has 0 radical (unpaired) electrons. The highest BCUT2D eigenvalue weighted by atomic mass is 19.4. The molecule has 9 rings (SSSR count). The van der Waals surface area contributed by atoms with Crippen LogP contribution in [0.2, 0.25) is 0 Å². The normalized spacial score (nSPS) is 13.3. The van der Waals surface area contributed by atoms with Gasteiger partial charge in [0.2, 0.25) is 0 Å². The number of nitrogens with zero attached hydrogens (tertiary/aromatic N) is 1. The average molecular weight is 790 g/mol. The molecule has 1 unspecified atom stereocenters. The standard InChI is InChI=1S/C50H39F4N3O2/c51-37-22-24-41(47(58)27-37)48(28-35-14-1-6-16-39(35)45-25-33-12-4-9-19-43(33)56-45,29-36-15-2-7-17-40(36)46-26-34-13-5-10-20-44(34)57-46)31-49(59,50(52,53)54)30-38-23-21-32-11-3-8-18-42(32)55-38/h1-27,56-59H,28-31H2. The lowest BCUT2D eigenvalue weighted by Crippen LogP contribution is -2.53. The van der Waals surface area contributed by atoms with Crippen molar-refractivity contribution in [2.24, 2.45) is 0 Å². The third kappa shape index (κ3) is 7.34. The molecule has 59 heavy (non-hydrogen) atoms. The second kappa shape index (κ2) is 14.9. The van der Waals surface area contributed by atoms with Crippen molar-refractivity contribution in [2.45, 2.75) is 42.9 Å². The van der Waals surface area contributed by atoms with E-state index in [1.54, 1.807) is 18.2 Å². The lowest BCUT2D eigenvalue weighted by Gasteiger charge is -2.43. The van der Waals surface area contributed by atoms with Crippen LogP contribution >= 0.6 is 0 Å². The number of phenolic OH excluding ortho intramolecular Hbond substituents is 1. The lowest BCUT2D eigenvalue weighted by atomic mass is 9.63. The smallest absolute Gasteiger partial charge is 0.417 e. The maximum absolute atomic E-state index is 15.9. The molecule has 3 aromatic heterocycles. The van der Waals surface area contributed by atoms with Gasteiger partial charge in [-0.15, -0.1) is 0 Å². The molecule has 9 heteroatoms. The van der Waals surface area contributed by atoms with E-state index in [0.717, 1.165) is 61.8 Å². The Morgan fingerprint density at radius 3 is 1.63 bits per heavy atom. The summed E-state index contributed by atoms with van der Waals surface area (Å²) in [7, 11) is 0. The molecular formula is C50H39F4N3O2. The fourth-order valence-corrected chi connectivity index (χ4v) is 8.80. The van der Waals surface area contributed by atoms with E-state index >= 15 is 13.2 Å². The molecule has 9 aromatic rings. The molecule has 0 aliphatic rings. The van der Waals surface area contributed by atoms with Crippen LogP contribution in [-0.2, 0) is 24.7 Å². The topological polar surface area (TPSA) is 84.9 Å². The molecule has 0 spiro atoms. The van der Waals surface area contributed by atoms with E-state index < -0.39 is 41.6 Å². The molecular weight excluding hydrogens is 751 g/mol. The second-order valence-corrected chi connectivity index (χ2v) is 15.5. The summed E-state index contributed by atoms with van der Waals surface area (Å²) in [5.74, 6) is -1.26. The summed E-state index contributed by atoms with van der Waals surface area (Å²) in [5.41, 5.74) is 1.66. The van der Waals surface area contributed by atoms with Crippen molar-refractivity contribution >= 4 is 32.7 Å². The van der Waals surface area contributed by atoms with E-state index in [2.05, 4.69) is 15.0 Å². The Morgan fingerprint density at radius 2 is 1.07 bits per heavy atom. The molecule has 0 amide bonds. The number of aromatic nitrogens is 3. The number of benzene rings is 6. The van der Waals surface area contributed by atoms with Crippen molar-refractivity contribution in [3.05, 3.63) is 192 Å². The molecule has 1 atom stereocenters. The van der Waals surface area contributed by atoms with Crippen LogP contribution in [0.15, 0.2) is 164 Å².